The molecule has 1 atom stereocenters. The first kappa shape index (κ1) is 13.9. The van der Waals surface area contributed by atoms with E-state index in [4.69, 9.17) is 0 Å². The summed E-state index contributed by atoms with van der Waals surface area (Å²) in [5, 5.41) is 5.33. The van der Waals surface area contributed by atoms with Crippen molar-refractivity contribution in [2.75, 3.05) is 39.8 Å². The molecule has 0 saturated carbocycles. The maximum Gasteiger partial charge on any atom is 0.413 e. The maximum atomic E-state index is 11.5. The standard InChI is InChI=1S/C11H21N3O3/c1-3-17-11(16)13-10(15)8-14-5-4-9(7-14)6-12-2/h9,12H,3-8H2,1-2H3,(H,13,15,16). The summed E-state index contributed by atoms with van der Waals surface area (Å²) in [6, 6.07) is 0. The molecule has 0 radical (unpaired) electrons. The Balaban J connectivity index is 2.21. The second kappa shape index (κ2) is 7.24. The minimum atomic E-state index is -0.663. The molecule has 1 rings (SSSR count). The number of carbonyl (C=O) groups is 2. The molecule has 1 aliphatic heterocycles. The van der Waals surface area contributed by atoms with E-state index in [1.54, 1.807) is 6.92 Å². The van der Waals surface area contributed by atoms with Gasteiger partial charge in [-0.1, -0.05) is 0 Å². The van der Waals surface area contributed by atoms with Crippen LogP contribution in [0, 0.1) is 5.92 Å². The van der Waals surface area contributed by atoms with Crippen molar-refractivity contribution in [1.29, 1.82) is 0 Å². The zero-order chi connectivity index (χ0) is 12.7. The fourth-order valence-electron chi connectivity index (χ4n) is 2.04. The van der Waals surface area contributed by atoms with Crippen LogP contribution in [0.5, 0.6) is 0 Å². The molecule has 1 unspecified atom stereocenters. The number of ether oxygens (including phenoxy) is 1. The molecule has 1 heterocycles. The minimum absolute atomic E-state index is 0.263. The highest BCUT2D eigenvalue weighted by Gasteiger charge is 2.23. The molecular weight excluding hydrogens is 222 g/mol. The van der Waals surface area contributed by atoms with Gasteiger partial charge in [-0.25, -0.2) is 4.79 Å². The molecule has 0 aliphatic carbocycles. The third kappa shape index (κ3) is 5.14. The van der Waals surface area contributed by atoms with E-state index in [2.05, 4.69) is 20.3 Å². The molecule has 2 N–H and O–H groups in total. The van der Waals surface area contributed by atoms with E-state index in [9.17, 15) is 9.59 Å². The van der Waals surface area contributed by atoms with Crippen LogP contribution in [-0.2, 0) is 9.53 Å². The second-order valence-electron chi connectivity index (χ2n) is 4.22. The molecule has 98 valence electrons. The molecule has 6 heteroatoms. The molecule has 1 fully saturated rings. The number of alkyl carbamates (subject to hydrolysis) is 1. The van der Waals surface area contributed by atoms with Crippen molar-refractivity contribution in [3.63, 3.8) is 0 Å². The Morgan fingerprint density at radius 3 is 2.88 bits per heavy atom. The van der Waals surface area contributed by atoms with E-state index in [0.717, 1.165) is 26.1 Å². The lowest BCUT2D eigenvalue weighted by Gasteiger charge is -2.15. The van der Waals surface area contributed by atoms with Crippen molar-refractivity contribution in [2.45, 2.75) is 13.3 Å². The molecule has 6 nitrogen and oxygen atoms in total. The number of amides is 2. The number of carbonyl (C=O) groups excluding carboxylic acids is 2. The Bertz CT molecular complexity index is 271. The number of likely N-dealkylation sites (tertiary alicyclic amines) is 1. The van der Waals surface area contributed by atoms with Gasteiger partial charge in [0.15, 0.2) is 0 Å². The Hall–Kier alpha value is -1.14. The Kier molecular flexibility index (Phi) is 5.93. The monoisotopic (exact) mass is 243 g/mol. The highest BCUT2D eigenvalue weighted by Crippen LogP contribution is 2.14. The van der Waals surface area contributed by atoms with Crippen LogP contribution in [0.4, 0.5) is 4.79 Å². The van der Waals surface area contributed by atoms with Gasteiger partial charge in [0.2, 0.25) is 5.91 Å². The van der Waals surface area contributed by atoms with Crippen LogP contribution in [0.3, 0.4) is 0 Å². The highest BCUT2D eigenvalue weighted by atomic mass is 16.5. The van der Waals surface area contributed by atoms with Crippen LogP contribution >= 0.6 is 0 Å². The van der Waals surface area contributed by atoms with E-state index >= 15 is 0 Å². The summed E-state index contributed by atoms with van der Waals surface area (Å²) in [5.41, 5.74) is 0. The number of rotatable bonds is 5. The van der Waals surface area contributed by atoms with Crippen molar-refractivity contribution in [3.8, 4) is 0 Å². The number of nitrogens with one attached hydrogen (secondary N) is 2. The van der Waals surface area contributed by atoms with E-state index in [1.165, 1.54) is 0 Å². The molecule has 1 saturated heterocycles. The first-order chi connectivity index (χ1) is 8.15. The molecule has 2 amide bonds. The van der Waals surface area contributed by atoms with Gasteiger partial charge in [0, 0.05) is 6.54 Å². The van der Waals surface area contributed by atoms with Gasteiger partial charge < -0.3 is 10.1 Å². The second-order valence-corrected chi connectivity index (χ2v) is 4.22. The van der Waals surface area contributed by atoms with Crippen LogP contribution in [0.1, 0.15) is 13.3 Å². The fraction of sp³-hybridized carbons (Fsp3) is 0.818. The number of nitrogens with zero attached hydrogens (tertiary/aromatic N) is 1. The van der Waals surface area contributed by atoms with E-state index in [1.807, 2.05) is 7.05 Å². The molecular formula is C11H21N3O3. The van der Waals surface area contributed by atoms with Crippen molar-refractivity contribution in [3.05, 3.63) is 0 Å². The summed E-state index contributed by atoms with van der Waals surface area (Å²) in [7, 11) is 1.93. The van der Waals surface area contributed by atoms with Gasteiger partial charge >= 0.3 is 6.09 Å². The van der Waals surface area contributed by atoms with Crippen LogP contribution in [0.15, 0.2) is 0 Å². The zero-order valence-corrected chi connectivity index (χ0v) is 10.5. The lowest BCUT2D eigenvalue weighted by molar-refractivity contribution is -0.121. The fourth-order valence-corrected chi connectivity index (χ4v) is 2.04. The molecule has 0 aromatic carbocycles. The topological polar surface area (TPSA) is 70.7 Å². The molecule has 0 aromatic heterocycles. The van der Waals surface area contributed by atoms with Crippen LogP contribution in [0.25, 0.3) is 0 Å². The molecule has 0 bridgehead atoms. The smallest absolute Gasteiger partial charge is 0.413 e. The number of hydrogen-bond acceptors (Lipinski definition) is 5. The summed E-state index contributed by atoms with van der Waals surface area (Å²) in [5.74, 6) is 0.295. The third-order valence-electron chi connectivity index (χ3n) is 2.75. The Morgan fingerprint density at radius 2 is 2.24 bits per heavy atom. The summed E-state index contributed by atoms with van der Waals surface area (Å²) in [6.07, 6.45) is 0.427. The van der Waals surface area contributed by atoms with Crippen molar-refractivity contribution >= 4 is 12.0 Å². The lowest BCUT2D eigenvalue weighted by atomic mass is 10.1. The van der Waals surface area contributed by atoms with Gasteiger partial charge in [-0.3, -0.25) is 15.0 Å². The van der Waals surface area contributed by atoms with Gasteiger partial charge in [-0.15, -0.1) is 0 Å². The van der Waals surface area contributed by atoms with E-state index in [0.29, 0.717) is 5.92 Å². The zero-order valence-electron chi connectivity index (χ0n) is 10.5. The third-order valence-corrected chi connectivity index (χ3v) is 2.75. The van der Waals surface area contributed by atoms with Crippen LogP contribution in [-0.4, -0.2) is 56.7 Å². The van der Waals surface area contributed by atoms with Crippen molar-refractivity contribution in [1.82, 2.24) is 15.5 Å². The Morgan fingerprint density at radius 1 is 1.47 bits per heavy atom. The first-order valence-corrected chi connectivity index (χ1v) is 5.99. The van der Waals surface area contributed by atoms with Gasteiger partial charge in [-0.2, -0.15) is 0 Å². The summed E-state index contributed by atoms with van der Waals surface area (Å²) < 4.78 is 4.64. The average Bonchev–Trinajstić information content (AvgIpc) is 2.66. The normalized spacial score (nSPS) is 20.2. The van der Waals surface area contributed by atoms with Gasteiger partial charge in [0.05, 0.1) is 13.2 Å². The minimum Gasteiger partial charge on any atom is -0.450 e. The molecule has 0 aromatic rings. The van der Waals surface area contributed by atoms with Crippen LogP contribution < -0.4 is 10.6 Å². The molecule has 1 aliphatic rings. The first-order valence-electron chi connectivity index (χ1n) is 5.99. The van der Waals surface area contributed by atoms with Crippen LogP contribution in [0.2, 0.25) is 0 Å². The molecule has 0 spiro atoms. The predicted molar refractivity (Wildman–Crippen MR) is 63.6 cm³/mol. The van der Waals surface area contributed by atoms with Gasteiger partial charge in [-0.05, 0) is 39.4 Å². The van der Waals surface area contributed by atoms with Gasteiger partial charge in [0.25, 0.3) is 0 Å². The largest absolute Gasteiger partial charge is 0.450 e. The number of hydrogen-bond donors (Lipinski definition) is 2. The Labute approximate surface area is 102 Å². The van der Waals surface area contributed by atoms with Crippen molar-refractivity contribution < 1.29 is 14.3 Å². The quantitative estimate of drug-likeness (QED) is 0.700. The summed E-state index contributed by atoms with van der Waals surface area (Å²) in [4.78, 5) is 24.5. The SMILES string of the molecule is CCOC(=O)NC(=O)CN1CCC(CNC)C1. The maximum absolute atomic E-state index is 11.5. The lowest BCUT2D eigenvalue weighted by Crippen LogP contribution is -2.39. The average molecular weight is 243 g/mol. The number of imide groups is 1. The summed E-state index contributed by atoms with van der Waals surface area (Å²) >= 11 is 0. The summed E-state index contributed by atoms with van der Waals surface area (Å²) in [6.45, 7) is 5.01. The van der Waals surface area contributed by atoms with Gasteiger partial charge in [0.1, 0.15) is 0 Å². The van der Waals surface area contributed by atoms with E-state index < -0.39 is 6.09 Å². The van der Waals surface area contributed by atoms with Crippen molar-refractivity contribution in [2.24, 2.45) is 5.92 Å². The highest BCUT2D eigenvalue weighted by molar-refractivity contribution is 5.92. The van der Waals surface area contributed by atoms with E-state index in [-0.39, 0.29) is 19.1 Å². The predicted octanol–water partition coefficient (Wildman–Crippen LogP) is -0.200. The molecule has 17 heavy (non-hydrogen) atoms.